The molecule has 2 aromatic rings. The van der Waals surface area contributed by atoms with E-state index < -0.39 is 5.54 Å². The number of nitrogens with one attached hydrogen (secondary N) is 1. The van der Waals surface area contributed by atoms with E-state index in [0.717, 1.165) is 24.9 Å². The van der Waals surface area contributed by atoms with Gasteiger partial charge in [-0.3, -0.25) is 4.79 Å². The Balaban J connectivity index is 0.00000243. The van der Waals surface area contributed by atoms with Crippen LogP contribution in [0.25, 0.3) is 5.69 Å². The fourth-order valence-corrected chi connectivity index (χ4v) is 2.90. The number of nitrogens with two attached hydrogens (primary N) is 1. The Morgan fingerprint density at radius 2 is 2.08 bits per heavy atom. The van der Waals surface area contributed by atoms with Crippen LogP contribution in [0.1, 0.15) is 43.6 Å². The number of hydrogen-bond donors (Lipinski definition) is 2. The van der Waals surface area contributed by atoms with E-state index in [2.05, 4.69) is 10.4 Å². The molecule has 1 heterocycles. The number of carbonyl (C=O) groups excluding carboxylic acids is 1. The van der Waals surface area contributed by atoms with Crippen molar-refractivity contribution in [3.05, 3.63) is 42.2 Å². The van der Waals surface area contributed by atoms with Crippen LogP contribution in [-0.4, -0.2) is 34.4 Å². The molecule has 142 valence electrons. The van der Waals surface area contributed by atoms with Crippen molar-refractivity contribution in [1.29, 1.82) is 0 Å². The first kappa shape index (κ1) is 20.3. The lowest BCUT2D eigenvalue weighted by molar-refractivity contribution is 0.0888. The fraction of sp³-hybridized carbons (Fsp3) is 0.474. The van der Waals surface area contributed by atoms with Gasteiger partial charge in [-0.15, -0.1) is 12.4 Å². The highest BCUT2D eigenvalue weighted by molar-refractivity contribution is 5.95. The summed E-state index contributed by atoms with van der Waals surface area (Å²) in [4.78, 5) is 12.9. The molecule has 0 spiro atoms. The zero-order valence-electron chi connectivity index (χ0n) is 15.3. The van der Waals surface area contributed by atoms with E-state index in [1.54, 1.807) is 10.9 Å². The Kier molecular flexibility index (Phi) is 6.67. The van der Waals surface area contributed by atoms with Crippen molar-refractivity contribution in [2.45, 2.75) is 38.6 Å². The Labute approximate surface area is 160 Å². The van der Waals surface area contributed by atoms with Crippen molar-refractivity contribution in [1.82, 2.24) is 15.1 Å². The molecule has 0 radical (unpaired) electrons. The van der Waals surface area contributed by atoms with Gasteiger partial charge < -0.3 is 15.8 Å². The molecule has 0 aliphatic heterocycles. The molecule has 1 amide bonds. The first-order chi connectivity index (χ1) is 12.1. The van der Waals surface area contributed by atoms with E-state index in [1.165, 1.54) is 0 Å². The molecule has 3 N–H and O–H groups in total. The average molecular weight is 379 g/mol. The molecule has 1 aliphatic carbocycles. The summed E-state index contributed by atoms with van der Waals surface area (Å²) in [6.07, 6.45) is 4.83. The lowest BCUT2D eigenvalue weighted by atomic mass is 9.96. The first-order valence-corrected chi connectivity index (χ1v) is 8.88. The molecule has 0 saturated heterocycles. The normalized spacial score (nSPS) is 15.7. The van der Waals surface area contributed by atoms with Crippen molar-refractivity contribution in [3.8, 4) is 11.4 Å². The summed E-state index contributed by atoms with van der Waals surface area (Å²) in [7, 11) is 0. The van der Waals surface area contributed by atoms with Crippen LogP contribution >= 0.6 is 12.4 Å². The summed E-state index contributed by atoms with van der Waals surface area (Å²) in [6.45, 7) is 4.98. The lowest BCUT2D eigenvalue weighted by Crippen LogP contribution is -2.53. The molecular formula is C19H27ClN4O2. The van der Waals surface area contributed by atoms with Gasteiger partial charge in [-0.2, -0.15) is 5.10 Å². The fourth-order valence-electron chi connectivity index (χ4n) is 2.90. The number of amides is 1. The van der Waals surface area contributed by atoms with Gasteiger partial charge in [-0.05, 0) is 44.2 Å². The number of halogens is 1. The molecule has 1 aromatic carbocycles. The third-order valence-electron chi connectivity index (χ3n) is 4.68. The van der Waals surface area contributed by atoms with Gasteiger partial charge in [-0.1, -0.05) is 25.1 Å². The first-order valence-electron chi connectivity index (χ1n) is 8.88. The third-order valence-corrected chi connectivity index (χ3v) is 4.68. The third kappa shape index (κ3) is 4.37. The number of para-hydroxylation sites is 1. The smallest absolute Gasteiger partial charge is 0.276 e. The van der Waals surface area contributed by atoms with E-state index in [-0.39, 0.29) is 18.3 Å². The second kappa shape index (κ2) is 8.56. The van der Waals surface area contributed by atoms with Crippen LogP contribution in [0.4, 0.5) is 0 Å². The minimum absolute atomic E-state index is 0. The number of carbonyl (C=O) groups is 1. The zero-order chi connectivity index (χ0) is 17.9. The minimum Gasteiger partial charge on any atom is -0.489 e. The summed E-state index contributed by atoms with van der Waals surface area (Å²) >= 11 is 0. The highest BCUT2D eigenvalue weighted by Gasteiger charge is 2.42. The highest BCUT2D eigenvalue weighted by Crippen LogP contribution is 2.39. The Bertz CT molecular complexity index is 730. The maximum Gasteiger partial charge on any atom is 0.276 e. The summed E-state index contributed by atoms with van der Waals surface area (Å²) in [6, 6.07) is 9.68. The van der Waals surface area contributed by atoms with Crippen LogP contribution in [0.2, 0.25) is 0 Å². The second-order valence-corrected chi connectivity index (χ2v) is 6.82. The molecule has 1 atom stereocenters. The van der Waals surface area contributed by atoms with Crippen molar-refractivity contribution in [2.75, 3.05) is 13.2 Å². The number of nitrogens with zero attached hydrogens (tertiary/aromatic N) is 2. The average Bonchev–Trinajstić information content (AvgIpc) is 3.41. The van der Waals surface area contributed by atoms with E-state index in [9.17, 15) is 4.79 Å². The monoisotopic (exact) mass is 378 g/mol. The molecule has 1 unspecified atom stereocenters. The van der Waals surface area contributed by atoms with Crippen LogP contribution in [0.15, 0.2) is 36.5 Å². The van der Waals surface area contributed by atoms with Gasteiger partial charge in [0.1, 0.15) is 0 Å². The number of rotatable bonds is 8. The topological polar surface area (TPSA) is 82.2 Å². The predicted molar refractivity (Wildman–Crippen MR) is 104 cm³/mol. The maximum absolute atomic E-state index is 12.9. The summed E-state index contributed by atoms with van der Waals surface area (Å²) in [5.41, 5.74) is 6.71. The van der Waals surface area contributed by atoms with Gasteiger partial charge in [0.2, 0.25) is 0 Å². The van der Waals surface area contributed by atoms with Crippen LogP contribution < -0.4 is 15.8 Å². The van der Waals surface area contributed by atoms with Crippen LogP contribution in [0.3, 0.4) is 0 Å². The standard InChI is InChI=1S/C19H26N4O2.ClH/c1-3-11-25-16-12-23(15-7-5-4-6-8-15)22-17(16)18(24)21-19(2,13-20)14-9-10-14;/h4-8,12,14H,3,9-11,13,20H2,1-2H3,(H,21,24);1H. The molecule has 3 rings (SSSR count). The Morgan fingerprint density at radius 3 is 2.65 bits per heavy atom. The van der Waals surface area contributed by atoms with E-state index >= 15 is 0 Å². The number of hydrogen-bond acceptors (Lipinski definition) is 4. The molecule has 1 aromatic heterocycles. The van der Waals surface area contributed by atoms with Crippen molar-refractivity contribution in [3.63, 3.8) is 0 Å². The minimum atomic E-state index is -0.393. The van der Waals surface area contributed by atoms with Gasteiger partial charge >= 0.3 is 0 Å². The summed E-state index contributed by atoms with van der Waals surface area (Å²) in [5.74, 6) is 0.705. The van der Waals surface area contributed by atoms with E-state index in [4.69, 9.17) is 10.5 Å². The van der Waals surface area contributed by atoms with Crippen molar-refractivity contribution >= 4 is 18.3 Å². The van der Waals surface area contributed by atoms with E-state index in [1.807, 2.05) is 44.2 Å². The van der Waals surface area contributed by atoms with E-state index in [0.29, 0.717) is 30.5 Å². The van der Waals surface area contributed by atoms with Crippen LogP contribution in [0, 0.1) is 5.92 Å². The zero-order valence-corrected chi connectivity index (χ0v) is 16.1. The van der Waals surface area contributed by atoms with Gasteiger partial charge in [-0.25, -0.2) is 4.68 Å². The van der Waals surface area contributed by atoms with Gasteiger partial charge in [0.15, 0.2) is 11.4 Å². The number of aromatic nitrogens is 2. The quantitative estimate of drug-likeness (QED) is 0.739. The van der Waals surface area contributed by atoms with Crippen LogP contribution in [0.5, 0.6) is 5.75 Å². The van der Waals surface area contributed by atoms with Crippen molar-refractivity contribution < 1.29 is 9.53 Å². The molecular weight excluding hydrogens is 352 g/mol. The predicted octanol–water partition coefficient (Wildman–Crippen LogP) is 2.94. The molecule has 1 saturated carbocycles. The molecule has 0 bridgehead atoms. The van der Waals surface area contributed by atoms with Gasteiger partial charge in [0, 0.05) is 6.54 Å². The summed E-state index contributed by atoms with van der Waals surface area (Å²) in [5, 5.41) is 7.55. The van der Waals surface area contributed by atoms with Gasteiger partial charge in [0.05, 0.1) is 24.0 Å². The largest absolute Gasteiger partial charge is 0.489 e. The molecule has 7 heteroatoms. The Hall–Kier alpha value is -2.05. The highest BCUT2D eigenvalue weighted by atomic mass is 35.5. The molecule has 1 aliphatic rings. The second-order valence-electron chi connectivity index (χ2n) is 6.82. The van der Waals surface area contributed by atoms with Crippen molar-refractivity contribution in [2.24, 2.45) is 11.7 Å². The lowest BCUT2D eigenvalue weighted by Gasteiger charge is -2.29. The number of ether oxygens (including phenoxy) is 1. The Morgan fingerprint density at radius 1 is 1.38 bits per heavy atom. The summed E-state index contributed by atoms with van der Waals surface area (Å²) < 4.78 is 7.44. The maximum atomic E-state index is 12.9. The molecule has 6 nitrogen and oxygen atoms in total. The van der Waals surface area contributed by atoms with Gasteiger partial charge in [0.25, 0.3) is 5.91 Å². The number of benzene rings is 1. The SMILES string of the molecule is CCCOc1cn(-c2ccccc2)nc1C(=O)NC(C)(CN)C1CC1.Cl. The van der Waals surface area contributed by atoms with Crippen LogP contribution in [-0.2, 0) is 0 Å². The molecule has 1 fully saturated rings. The molecule has 26 heavy (non-hydrogen) atoms.